The van der Waals surface area contributed by atoms with E-state index >= 15 is 8.78 Å². The third-order valence-electron chi connectivity index (χ3n) is 7.01. The van der Waals surface area contributed by atoms with Gasteiger partial charge in [0.25, 0.3) is 5.92 Å². The van der Waals surface area contributed by atoms with Crippen molar-refractivity contribution in [3.63, 3.8) is 0 Å². The average Bonchev–Trinajstić information content (AvgIpc) is 3.22. The maximum absolute atomic E-state index is 15.5. The number of carbonyl (C=O) groups is 1. The first-order valence-corrected chi connectivity index (χ1v) is 13.4. The first kappa shape index (κ1) is 28.7. The van der Waals surface area contributed by atoms with Crippen molar-refractivity contribution in [1.82, 2.24) is 9.80 Å². The normalized spacial score (nSPS) is 18.6. The number of hydrogen-bond donors (Lipinski definition) is 1. The number of likely N-dealkylation sites (tertiary alicyclic amines) is 1. The molecule has 3 atom stereocenters. The third-order valence-corrected chi connectivity index (χ3v) is 7.01. The zero-order valence-corrected chi connectivity index (χ0v) is 22.8. The van der Waals surface area contributed by atoms with Crippen molar-refractivity contribution in [2.75, 3.05) is 6.54 Å². The highest BCUT2D eigenvalue weighted by Gasteiger charge is 2.57. The van der Waals surface area contributed by atoms with Gasteiger partial charge in [-0.1, -0.05) is 91.0 Å². The minimum atomic E-state index is -3.27. The minimum Gasteiger partial charge on any atom is -0.444 e. The highest BCUT2D eigenvalue weighted by Crippen LogP contribution is 2.39. The molecule has 1 N–H and O–H groups in total. The summed E-state index contributed by atoms with van der Waals surface area (Å²) in [5.74, 6) is -3.27. The number of benzene rings is 3. The molecule has 1 fully saturated rings. The summed E-state index contributed by atoms with van der Waals surface area (Å²) in [6.07, 6.45) is -2.57. The molecule has 0 saturated carbocycles. The van der Waals surface area contributed by atoms with E-state index in [-0.39, 0.29) is 6.54 Å². The van der Waals surface area contributed by atoms with E-state index in [0.29, 0.717) is 19.5 Å². The van der Waals surface area contributed by atoms with Crippen molar-refractivity contribution < 1.29 is 23.4 Å². The van der Waals surface area contributed by atoms with Crippen molar-refractivity contribution in [2.24, 2.45) is 0 Å². The monoisotopic (exact) mass is 536 g/mol. The number of alkyl halides is 2. The van der Waals surface area contributed by atoms with Gasteiger partial charge in [-0.15, -0.1) is 0 Å². The van der Waals surface area contributed by atoms with E-state index < -0.39 is 42.2 Å². The zero-order chi connectivity index (χ0) is 28.0. The fraction of sp³-hybridized carbons (Fsp3) is 0.406. The molecule has 3 aromatic carbocycles. The first-order valence-electron chi connectivity index (χ1n) is 13.4. The second-order valence-corrected chi connectivity index (χ2v) is 11.3. The lowest BCUT2D eigenvalue weighted by atomic mass is 9.91. The molecule has 1 aliphatic rings. The van der Waals surface area contributed by atoms with Crippen LogP contribution >= 0.6 is 0 Å². The average molecular weight is 537 g/mol. The summed E-state index contributed by atoms with van der Waals surface area (Å²) in [5.41, 5.74) is 2.07. The van der Waals surface area contributed by atoms with Crippen molar-refractivity contribution >= 4 is 6.09 Å². The maximum Gasteiger partial charge on any atom is 0.410 e. The Bertz CT molecular complexity index is 1140. The SMILES string of the molecule is CC(C)(C)OC(=O)N1CCC(F)(F)[C@@H]1[C@@H](O)[C@H](Cc1ccccc1)N(Cc1ccccc1)Cc1ccccc1. The lowest BCUT2D eigenvalue weighted by Gasteiger charge is -2.41. The lowest BCUT2D eigenvalue weighted by molar-refractivity contribution is -0.105. The van der Waals surface area contributed by atoms with E-state index in [9.17, 15) is 9.90 Å². The molecule has 3 aromatic rings. The number of carbonyl (C=O) groups excluding carboxylic acids is 1. The number of nitrogens with zero attached hydrogens (tertiary/aromatic N) is 2. The standard InChI is InChI=1S/C32H38F2N2O3/c1-31(2,3)39-30(38)36-20-19-32(33,34)29(36)28(37)27(21-24-13-7-4-8-14-24)35(22-25-15-9-5-10-16-25)23-26-17-11-6-12-18-26/h4-18,27-29,37H,19-23H2,1-3H3/t27-,28-,29-/m0/s1. The van der Waals surface area contributed by atoms with Crippen molar-refractivity contribution in [3.05, 3.63) is 108 Å². The Kier molecular flexibility index (Phi) is 9.03. The quantitative estimate of drug-likeness (QED) is 0.349. The fourth-order valence-electron chi connectivity index (χ4n) is 5.20. The molecule has 0 bridgehead atoms. The topological polar surface area (TPSA) is 53.0 Å². The largest absolute Gasteiger partial charge is 0.444 e. The Hall–Kier alpha value is -3.29. The maximum atomic E-state index is 15.5. The Balaban J connectivity index is 1.74. The Morgan fingerprint density at radius 3 is 1.85 bits per heavy atom. The van der Waals surface area contributed by atoms with Gasteiger partial charge in [-0.05, 0) is 43.9 Å². The van der Waals surface area contributed by atoms with Crippen LogP contribution in [0, 0.1) is 0 Å². The van der Waals surface area contributed by atoms with Crippen LogP contribution in [-0.4, -0.2) is 57.3 Å². The van der Waals surface area contributed by atoms with E-state index in [1.54, 1.807) is 20.8 Å². The molecule has 1 heterocycles. The van der Waals surface area contributed by atoms with Crippen molar-refractivity contribution in [3.8, 4) is 0 Å². The molecule has 1 aliphatic heterocycles. The summed E-state index contributed by atoms with van der Waals surface area (Å²) in [5, 5.41) is 11.9. The van der Waals surface area contributed by atoms with E-state index in [2.05, 4.69) is 0 Å². The molecule has 0 aliphatic carbocycles. The van der Waals surface area contributed by atoms with E-state index in [0.717, 1.165) is 21.6 Å². The molecule has 0 spiro atoms. The van der Waals surface area contributed by atoms with Crippen LogP contribution in [0.1, 0.15) is 43.9 Å². The summed E-state index contributed by atoms with van der Waals surface area (Å²) in [4.78, 5) is 16.1. The van der Waals surface area contributed by atoms with Crippen LogP contribution in [0.25, 0.3) is 0 Å². The molecular formula is C32H38F2N2O3. The van der Waals surface area contributed by atoms with Crippen LogP contribution < -0.4 is 0 Å². The van der Waals surface area contributed by atoms with E-state index in [1.807, 2.05) is 95.9 Å². The number of amides is 1. The van der Waals surface area contributed by atoms with Gasteiger partial charge in [-0.3, -0.25) is 9.80 Å². The lowest BCUT2D eigenvalue weighted by Crippen LogP contribution is -2.59. The van der Waals surface area contributed by atoms with Gasteiger partial charge >= 0.3 is 6.09 Å². The Labute approximate surface area is 230 Å². The van der Waals surface area contributed by atoms with Gasteiger partial charge in [-0.25, -0.2) is 13.6 Å². The highest BCUT2D eigenvalue weighted by molar-refractivity contribution is 5.69. The molecular weight excluding hydrogens is 498 g/mol. The summed E-state index contributed by atoms with van der Waals surface area (Å²) >= 11 is 0. The summed E-state index contributed by atoms with van der Waals surface area (Å²) in [7, 11) is 0. The molecule has 0 aromatic heterocycles. The number of aliphatic hydroxyl groups is 1. The highest BCUT2D eigenvalue weighted by atomic mass is 19.3. The van der Waals surface area contributed by atoms with Gasteiger partial charge in [0.05, 0.1) is 6.10 Å². The number of aliphatic hydroxyl groups excluding tert-OH is 1. The first-order chi connectivity index (χ1) is 18.5. The number of ether oxygens (including phenoxy) is 1. The summed E-state index contributed by atoms with van der Waals surface area (Å²) in [6, 6.07) is 26.7. The number of rotatable bonds is 9. The molecule has 208 valence electrons. The number of halogens is 2. The molecule has 1 saturated heterocycles. The minimum absolute atomic E-state index is 0.181. The van der Waals surface area contributed by atoms with Gasteiger partial charge in [0.15, 0.2) is 0 Å². The third kappa shape index (κ3) is 7.64. The van der Waals surface area contributed by atoms with Crippen molar-refractivity contribution in [2.45, 2.75) is 76.4 Å². The van der Waals surface area contributed by atoms with Gasteiger partial charge in [0, 0.05) is 32.1 Å². The molecule has 5 nitrogen and oxygen atoms in total. The fourth-order valence-corrected chi connectivity index (χ4v) is 5.20. The van der Waals surface area contributed by atoms with Crippen molar-refractivity contribution in [1.29, 1.82) is 0 Å². The predicted octanol–water partition coefficient (Wildman–Crippen LogP) is 6.31. The van der Waals surface area contributed by atoms with E-state index in [4.69, 9.17) is 4.74 Å². The Morgan fingerprint density at radius 2 is 1.38 bits per heavy atom. The second kappa shape index (κ2) is 12.3. The van der Waals surface area contributed by atoms with E-state index in [1.165, 1.54) is 0 Å². The zero-order valence-electron chi connectivity index (χ0n) is 22.8. The van der Waals surface area contributed by atoms with Gasteiger partial charge in [-0.2, -0.15) is 0 Å². The van der Waals surface area contributed by atoms with Gasteiger partial charge in [0.1, 0.15) is 11.6 Å². The van der Waals surface area contributed by atoms with Crippen LogP contribution in [0.15, 0.2) is 91.0 Å². The molecule has 39 heavy (non-hydrogen) atoms. The van der Waals surface area contributed by atoms with Gasteiger partial charge < -0.3 is 9.84 Å². The van der Waals surface area contributed by atoms with Crippen LogP contribution in [0.3, 0.4) is 0 Å². The smallest absolute Gasteiger partial charge is 0.410 e. The predicted molar refractivity (Wildman–Crippen MR) is 148 cm³/mol. The molecule has 0 unspecified atom stereocenters. The number of hydrogen-bond acceptors (Lipinski definition) is 4. The van der Waals surface area contributed by atoms with Gasteiger partial charge in [0.2, 0.25) is 0 Å². The molecule has 7 heteroatoms. The van der Waals surface area contributed by atoms with Crippen LogP contribution in [0.5, 0.6) is 0 Å². The summed E-state index contributed by atoms with van der Waals surface area (Å²) < 4.78 is 36.5. The molecule has 4 rings (SSSR count). The van der Waals surface area contributed by atoms with Crippen LogP contribution in [-0.2, 0) is 24.2 Å². The molecule has 0 radical (unpaired) electrons. The second-order valence-electron chi connectivity index (χ2n) is 11.3. The Morgan fingerprint density at radius 1 is 0.923 bits per heavy atom. The van der Waals surface area contributed by atoms with Crippen LogP contribution in [0.2, 0.25) is 0 Å². The summed E-state index contributed by atoms with van der Waals surface area (Å²) in [6.45, 7) is 5.79. The molecule has 1 amide bonds. The van der Waals surface area contributed by atoms with Crippen LogP contribution in [0.4, 0.5) is 13.6 Å².